The van der Waals surface area contributed by atoms with Crippen LogP contribution in [-0.2, 0) is 28.6 Å². The molecule has 0 saturated carbocycles. The van der Waals surface area contributed by atoms with Gasteiger partial charge in [0.2, 0.25) is 0 Å². The molecule has 0 rings (SSSR count). The predicted molar refractivity (Wildman–Crippen MR) is 325 cm³/mol. The Hall–Kier alpha value is -2.63. The molecule has 0 heterocycles. The molecule has 0 N–H and O–H groups in total. The van der Waals surface area contributed by atoms with Gasteiger partial charge in [-0.3, -0.25) is 14.4 Å². The molecule has 6 nitrogen and oxygen atoms in total. The summed E-state index contributed by atoms with van der Waals surface area (Å²) >= 11 is 0. The van der Waals surface area contributed by atoms with Crippen LogP contribution in [0.2, 0.25) is 0 Å². The zero-order valence-electron chi connectivity index (χ0n) is 50.3. The Morgan fingerprint density at radius 3 is 0.787 bits per heavy atom. The highest BCUT2D eigenvalue weighted by atomic mass is 16.6. The second-order valence-electron chi connectivity index (χ2n) is 22.4. The van der Waals surface area contributed by atoms with Crippen LogP contribution in [0.25, 0.3) is 0 Å². The molecular formula is C69H126O6. The fourth-order valence-electron chi connectivity index (χ4n) is 9.80. The minimum atomic E-state index is -0.780. The van der Waals surface area contributed by atoms with Gasteiger partial charge in [0.05, 0.1) is 0 Å². The number of rotatable bonds is 61. The first kappa shape index (κ1) is 72.4. The molecule has 6 heteroatoms. The number of hydrogen-bond acceptors (Lipinski definition) is 6. The smallest absolute Gasteiger partial charge is 0.306 e. The van der Waals surface area contributed by atoms with Gasteiger partial charge in [-0.1, -0.05) is 301 Å². The lowest BCUT2D eigenvalue weighted by Gasteiger charge is -2.18. The van der Waals surface area contributed by atoms with Gasteiger partial charge in [0.1, 0.15) is 13.2 Å². The molecule has 0 bridgehead atoms. The molecule has 0 amide bonds. The molecule has 0 spiro atoms. The van der Waals surface area contributed by atoms with Crippen molar-refractivity contribution in [3.05, 3.63) is 48.6 Å². The van der Waals surface area contributed by atoms with E-state index in [1.807, 2.05) is 0 Å². The molecule has 0 saturated heterocycles. The Morgan fingerprint density at radius 1 is 0.267 bits per heavy atom. The summed E-state index contributed by atoms with van der Waals surface area (Å²) in [6, 6.07) is 0. The summed E-state index contributed by atoms with van der Waals surface area (Å²) in [5.41, 5.74) is 0. The van der Waals surface area contributed by atoms with Gasteiger partial charge in [-0.05, 0) is 83.5 Å². The first-order valence-electron chi connectivity index (χ1n) is 33.1. The van der Waals surface area contributed by atoms with Crippen molar-refractivity contribution >= 4 is 17.9 Å². The minimum Gasteiger partial charge on any atom is -0.462 e. The third kappa shape index (κ3) is 62.1. The molecule has 438 valence electrons. The van der Waals surface area contributed by atoms with Crippen LogP contribution >= 0.6 is 0 Å². The lowest BCUT2D eigenvalue weighted by Crippen LogP contribution is -2.30. The van der Waals surface area contributed by atoms with Crippen molar-refractivity contribution in [2.24, 2.45) is 0 Å². The van der Waals surface area contributed by atoms with Gasteiger partial charge >= 0.3 is 17.9 Å². The third-order valence-electron chi connectivity index (χ3n) is 14.8. The van der Waals surface area contributed by atoms with Crippen molar-refractivity contribution in [3.8, 4) is 0 Å². The SMILES string of the molecule is CCCCC/C=C\C/C=C\C/C=C\CCCCCCCCC(=O)OC(COC(=O)CCCCCCCCCCC/C=C\CCCCCCCCCC)COC(=O)CCCCCCCCCCCCCCCCCCC. The number of ether oxygens (including phenoxy) is 3. The Morgan fingerprint density at radius 2 is 0.480 bits per heavy atom. The summed E-state index contributed by atoms with van der Waals surface area (Å²) in [5, 5.41) is 0. The molecular weight excluding hydrogens is 925 g/mol. The Balaban J connectivity index is 4.36. The van der Waals surface area contributed by atoms with E-state index in [1.54, 1.807) is 0 Å². The van der Waals surface area contributed by atoms with Gasteiger partial charge < -0.3 is 14.2 Å². The van der Waals surface area contributed by atoms with Crippen molar-refractivity contribution in [2.45, 2.75) is 361 Å². The van der Waals surface area contributed by atoms with Crippen molar-refractivity contribution < 1.29 is 28.6 Å². The molecule has 0 aliphatic heterocycles. The van der Waals surface area contributed by atoms with Crippen molar-refractivity contribution in [1.82, 2.24) is 0 Å². The average molecular weight is 1050 g/mol. The maximum Gasteiger partial charge on any atom is 0.306 e. The molecule has 0 aliphatic rings. The van der Waals surface area contributed by atoms with E-state index in [0.29, 0.717) is 19.3 Å². The highest BCUT2D eigenvalue weighted by Crippen LogP contribution is 2.17. The van der Waals surface area contributed by atoms with Crippen LogP contribution in [-0.4, -0.2) is 37.2 Å². The molecule has 0 fully saturated rings. The quantitative estimate of drug-likeness (QED) is 0.0261. The molecule has 0 aromatic rings. The summed E-state index contributed by atoms with van der Waals surface area (Å²) in [4.78, 5) is 38.4. The number of esters is 3. The second-order valence-corrected chi connectivity index (χ2v) is 22.4. The maximum absolute atomic E-state index is 12.9. The van der Waals surface area contributed by atoms with Crippen LogP contribution in [0.4, 0.5) is 0 Å². The maximum atomic E-state index is 12.9. The second kappa shape index (κ2) is 63.9. The summed E-state index contributed by atoms with van der Waals surface area (Å²) in [5.74, 6) is -0.867. The summed E-state index contributed by atoms with van der Waals surface area (Å²) in [6.45, 7) is 6.66. The van der Waals surface area contributed by atoms with Crippen LogP contribution in [0.5, 0.6) is 0 Å². The highest BCUT2D eigenvalue weighted by Gasteiger charge is 2.19. The van der Waals surface area contributed by atoms with Crippen LogP contribution in [0.3, 0.4) is 0 Å². The van der Waals surface area contributed by atoms with Crippen LogP contribution < -0.4 is 0 Å². The van der Waals surface area contributed by atoms with Gasteiger partial charge in [-0.25, -0.2) is 0 Å². The third-order valence-corrected chi connectivity index (χ3v) is 14.8. The normalized spacial score (nSPS) is 12.3. The van der Waals surface area contributed by atoms with E-state index >= 15 is 0 Å². The van der Waals surface area contributed by atoms with E-state index in [-0.39, 0.29) is 31.1 Å². The molecule has 0 aromatic heterocycles. The summed E-state index contributed by atoms with van der Waals surface area (Å²) in [7, 11) is 0. The monoisotopic (exact) mass is 1050 g/mol. The highest BCUT2D eigenvalue weighted by molar-refractivity contribution is 5.71. The summed E-state index contributed by atoms with van der Waals surface area (Å²) < 4.78 is 17.0. The molecule has 0 aromatic carbocycles. The zero-order chi connectivity index (χ0) is 54.3. The first-order valence-corrected chi connectivity index (χ1v) is 33.1. The molecule has 1 atom stereocenters. The molecule has 0 aliphatic carbocycles. The Bertz CT molecular complexity index is 1300. The van der Waals surface area contributed by atoms with Gasteiger partial charge in [0.25, 0.3) is 0 Å². The molecule has 75 heavy (non-hydrogen) atoms. The Kier molecular flexibility index (Phi) is 61.7. The van der Waals surface area contributed by atoms with Gasteiger partial charge in [0, 0.05) is 19.3 Å². The fraction of sp³-hybridized carbons (Fsp3) is 0.841. The van der Waals surface area contributed by atoms with Crippen molar-refractivity contribution in [1.29, 1.82) is 0 Å². The van der Waals surface area contributed by atoms with Crippen LogP contribution in [0, 0.1) is 0 Å². The summed E-state index contributed by atoms with van der Waals surface area (Å²) in [6.07, 6.45) is 79.7. The number of hydrogen-bond donors (Lipinski definition) is 0. The van der Waals surface area contributed by atoms with Gasteiger partial charge in [-0.2, -0.15) is 0 Å². The van der Waals surface area contributed by atoms with E-state index < -0.39 is 6.10 Å². The largest absolute Gasteiger partial charge is 0.462 e. The molecule has 1 unspecified atom stereocenters. The predicted octanol–water partition coefficient (Wildman–Crippen LogP) is 22.6. The van der Waals surface area contributed by atoms with E-state index in [4.69, 9.17) is 14.2 Å². The minimum absolute atomic E-state index is 0.0753. The average Bonchev–Trinajstić information content (AvgIpc) is 3.41. The van der Waals surface area contributed by atoms with Gasteiger partial charge in [0.15, 0.2) is 6.10 Å². The first-order chi connectivity index (χ1) is 37.0. The number of carbonyl (C=O) groups is 3. The van der Waals surface area contributed by atoms with Crippen molar-refractivity contribution in [2.75, 3.05) is 13.2 Å². The zero-order valence-corrected chi connectivity index (χ0v) is 50.3. The topological polar surface area (TPSA) is 78.9 Å². The standard InChI is InChI=1S/C69H126O6/c1-4-7-10-13-16-19-22-25-28-31-33-34-36-38-41-44-47-50-53-56-59-62-68(71)74-65-66(64-73-67(70)61-58-55-52-49-46-43-40-37-30-27-24-21-18-15-12-9-6-3)75-69(72)63-60-57-54-51-48-45-42-39-35-32-29-26-23-20-17-14-11-8-5-2/h17,20,26,29,31,33,35,39,66H,4-16,18-19,21-25,27-28,30,32,34,36-38,40-65H2,1-3H3/b20-17-,29-26-,33-31-,39-35-. The van der Waals surface area contributed by atoms with Crippen LogP contribution in [0.1, 0.15) is 355 Å². The van der Waals surface area contributed by atoms with Crippen LogP contribution in [0.15, 0.2) is 48.6 Å². The van der Waals surface area contributed by atoms with E-state index in [9.17, 15) is 14.4 Å². The fourth-order valence-corrected chi connectivity index (χ4v) is 9.80. The Labute approximate surface area is 467 Å². The van der Waals surface area contributed by atoms with E-state index in [2.05, 4.69) is 69.4 Å². The lowest BCUT2D eigenvalue weighted by atomic mass is 10.0. The molecule has 0 radical (unpaired) electrons. The van der Waals surface area contributed by atoms with Crippen molar-refractivity contribution in [3.63, 3.8) is 0 Å². The van der Waals surface area contributed by atoms with Gasteiger partial charge in [-0.15, -0.1) is 0 Å². The number of carbonyl (C=O) groups excluding carboxylic acids is 3. The van der Waals surface area contributed by atoms with E-state index in [0.717, 1.165) is 77.0 Å². The van der Waals surface area contributed by atoms with E-state index in [1.165, 1.54) is 238 Å². The number of unbranched alkanes of at least 4 members (excludes halogenated alkanes) is 42. The lowest BCUT2D eigenvalue weighted by molar-refractivity contribution is -0.167. The number of allylic oxidation sites excluding steroid dienone is 8.